The van der Waals surface area contributed by atoms with E-state index in [0.717, 1.165) is 50.5 Å². The zero-order valence-electron chi connectivity index (χ0n) is 10.3. The summed E-state index contributed by atoms with van der Waals surface area (Å²) in [6, 6.07) is 3.81. The Morgan fingerprint density at radius 1 is 0.591 bits per heavy atom. The van der Waals surface area contributed by atoms with Gasteiger partial charge in [0.05, 0.1) is 11.0 Å². The highest BCUT2D eigenvalue weighted by molar-refractivity contribution is 9.11. The number of hydrogen-bond donors (Lipinski definition) is 0. The van der Waals surface area contributed by atoms with Gasteiger partial charge in [0.15, 0.2) is 0 Å². The number of nitrogens with zero attached hydrogens (tertiary/aromatic N) is 2. The van der Waals surface area contributed by atoms with Gasteiger partial charge in [-0.25, -0.2) is 9.97 Å². The number of pyridine rings is 2. The van der Waals surface area contributed by atoms with Crippen molar-refractivity contribution in [3.63, 3.8) is 0 Å². The summed E-state index contributed by atoms with van der Waals surface area (Å²) in [5.41, 5.74) is 1.52. The molecule has 2 aromatic heterocycles. The first-order chi connectivity index (χ1) is 10.4. The van der Waals surface area contributed by atoms with Gasteiger partial charge in [-0.05, 0) is 75.9 Å². The van der Waals surface area contributed by atoms with Gasteiger partial charge in [0, 0.05) is 39.4 Å². The van der Waals surface area contributed by atoms with Crippen LogP contribution in [-0.2, 0) is 0 Å². The molecule has 4 aromatic rings. The molecule has 0 fully saturated rings. The topological polar surface area (TPSA) is 25.8 Å². The summed E-state index contributed by atoms with van der Waals surface area (Å²) in [4.78, 5) is 9.09. The maximum Gasteiger partial charge on any atom is 0.138 e. The van der Waals surface area contributed by atoms with Crippen LogP contribution in [0.1, 0.15) is 0 Å². The molecule has 2 heterocycles. The second-order valence-corrected chi connectivity index (χ2v) is 8.82. The third-order valence-electron chi connectivity index (χ3n) is 3.49. The molecule has 0 atom stereocenters. The molecule has 0 N–H and O–H groups in total. The monoisotopic (exact) mass is 584 g/mol. The van der Waals surface area contributed by atoms with Crippen LogP contribution in [0, 0.1) is 0 Å². The normalized spacial score (nSPS) is 12.1. The van der Waals surface area contributed by atoms with Gasteiger partial charge in [-0.15, -0.1) is 0 Å². The fraction of sp³-hybridized carbons (Fsp3) is 0. The second-order valence-electron chi connectivity index (χ2n) is 4.68. The van der Waals surface area contributed by atoms with Crippen molar-refractivity contribution in [3.05, 3.63) is 40.3 Å². The van der Waals surface area contributed by atoms with Crippen molar-refractivity contribution in [2.45, 2.75) is 0 Å². The Bertz CT molecular complexity index is 1010. The fourth-order valence-corrected chi connectivity index (χ4v) is 6.30. The molecular formula is C14H2Br4Cl2N2. The van der Waals surface area contributed by atoms with Crippen LogP contribution in [0.3, 0.4) is 0 Å². The van der Waals surface area contributed by atoms with Crippen molar-refractivity contribution < 1.29 is 0 Å². The van der Waals surface area contributed by atoms with Crippen LogP contribution in [0.5, 0.6) is 0 Å². The lowest BCUT2D eigenvalue weighted by atomic mass is 10.0. The number of rotatable bonds is 0. The van der Waals surface area contributed by atoms with Crippen LogP contribution in [0.4, 0.5) is 0 Å². The largest absolute Gasteiger partial charge is 0.234 e. The minimum absolute atomic E-state index is 0.422. The highest BCUT2D eigenvalue weighted by Crippen LogP contribution is 2.47. The summed E-state index contributed by atoms with van der Waals surface area (Å²) in [6.07, 6.45) is 0. The van der Waals surface area contributed by atoms with Crippen LogP contribution < -0.4 is 0 Å². The summed E-state index contributed by atoms with van der Waals surface area (Å²) in [7, 11) is 0. The number of benzene rings is 2. The van der Waals surface area contributed by atoms with Crippen molar-refractivity contribution >= 4 is 119 Å². The smallest absolute Gasteiger partial charge is 0.138 e. The van der Waals surface area contributed by atoms with Gasteiger partial charge in [-0.1, -0.05) is 23.2 Å². The van der Waals surface area contributed by atoms with Crippen LogP contribution >= 0.6 is 86.9 Å². The maximum atomic E-state index is 6.42. The van der Waals surface area contributed by atoms with Crippen molar-refractivity contribution in [3.8, 4) is 0 Å². The van der Waals surface area contributed by atoms with Gasteiger partial charge >= 0.3 is 0 Å². The van der Waals surface area contributed by atoms with E-state index in [1.165, 1.54) is 0 Å². The lowest BCUT2D eigenvalue weighted by Gasteiger charge is -2.16. The average molecular weight is 589 g/mol. The highest BCUT2D eigenvalue weighted by Gasteiger charge is 2.22. The molecule has 2 aromatic carbocycles. The molecule has 0 unspecified atom stereocenters. The first kappa shape index (κ1) is 15.8. The van der Waals surface area contributed by atoms with E-state index in [-0.39, 0.29) is 0 Å². The molecule has 0 saturated heterocycles. The highest BCUT2D eigenvalue weighted by atomic mass is 79.9. The molecule has 0 saturated carbocycles. The van der Waals surface area contributed by atoms with Crippen LogP contribution in [0.25, 0.3) is 32.6 Å². The summed E-state index contributed by atoms with van der Waals surface area (Å²) in [5.74, 6) is 0. The van der Waals surface area contributed by atoms with E-state index in [1.54, 1.807) is 0 Å². The van der Waals surface area contributed by atoms with E-state index < -0.39 is 0 Å². The third-order valence-corrected chi connectivity index (χ3v) is 6.50. The minimum atomic E-state index is 0.422. The number of halogens is 6. The maximum absolute atomic E-state index is 6.42. The molecule has 4 rings (SSSR count). The molecular weight excluding hydrogens is 587 g/mol. The summed E-state index contributed by atoms with van der Waals surface area (Å²) < 4.78 is 3.39. The first-order valence-corrected chi connectivity index (χ1v) is 9.86. The standard InChI is InChI=1S/C14H2Br4Cl2N2/c15-3-1-5(17)11-9-7(3)13(19)22-12-6(18)2-4(16)8(10(9)12)14(20)21-11/h1-2H. The average Bonchev–Trinajstić information content (AvgIpc) is 2.43. The molecule has 110 valence electrons. The van der Waals surface area contributed by atoms with Crippen molar-refractivity contribution in [2.24, 2.45) is 0 Å². The molecule has 0 spiro atoms. The van der Waals surface area contributed by atoms with E-state index in [2.05, 4.69) is 73.7 Å². The van der Waals surface area contributed by atoms with Gasteiger partial charge in [0.25, 0.3) is 0 Å². The second kappa shape index (κ2) is 5.39. The summed E-state index contributed by atoms with van der Waals surface area (Å²) in [6.45, 7) is 0. The Morgan fingerprint density at radius 3 is 1.32 bits per heavy atom. The van der Waals surface area contributed by atoms with Crippen molar-refractivity contribution in [1.82, 2.24) is 9.97 Å². The molecule has 0 amide bonds. The van der Waals surface area contributed by atoms with Gasteiger partial charge in [0.1, 0.15) is 10.3 Å². The van der Waals surface area contributed by atoms with Crippen LogP contribution in [0.2, 0.25) is 10.3 Å². The predicted octanol–water partition coefficient (Wildman–Crippen LogP) is 7.73. The zero-order chi connectivity index (χ0) is 15.8. The SMILES string of the molecule is Clc1nc2c(Br)cc(Br)c3c(Cl)nc4c(Br)cc(Br)c1c4c23. The quantitative estimate of drug-likeness (QED) is 0.155. The first-order valence-electron chi connectivity index (χ1n) is 5.93. The molecule has 22 heavy (non-hydrogen) atoms. The van der Waals surface area contributed by atoms with Gasteiger partial charge in [-0.3, -0.25) is 0 Å². The number of aromatic nitrogens is 2. The summed E-state index contributed by atoms with van der Waals surface area (Å²) >= 11 is 27.1. The fourth-order valence-electron chi connectivity index (χ4n) is 2.63. The Balaban J connectivity index is 2.53. The van der Waals surface area contributed by atoms with Gasteiger partial charge in [-0.2, -0.15) is 0 Å². The lowest BCUT2D eigenvalue weighted by molar-refractivity contribution is 1.39. The Labute approximate surface area is 168 Å². The molecule has 0 aliphatic rings. The van der Waals surface area contributed by atoms with E-state index in [1.807, 2.05) is 12.1 Å². The predicted molar refractivity (Wildman–Crippen MR) is 107 cm³/mol. The van der Waals surface area contributed by atoms with E-state index in [0.29, 0.717) is 10.3 Å². The Kier molecular flexibility index (Phi) is 3.87. The van der Waals surface area contributed by atoms with E-state index in [4.69, 9.17) is 23.2 Å². The van der Waals surface area contributed by atoms with Crippen LogP contribution in [-0.4, -0.2) is 9.97 Å². The van der Waals surface area contributed by atoms with Gasteiger partial charge < -0.3 is 0 Å². The summed E-state index contributed by atoms with van der Waals surface area (Å²) in [5, 5.41) is 4.35. The van der Waals surface area contributed by atoms with E-state index >= 15 is 0 Å². The van der Waals surface area contributed by atoms with E-state index in [9.17, 15) is 0 Å². The molecule has 0 radical (unpaired) electrons. The van der Waals surface area contributed by atoms with Crippen LogP contribution in [0.15, 0.2) is 30.0 Å². The molecule has 0 aliphatic heterocycles. The number of hydrogen-bond acceptors (Lipinski definition) is 2. The molecule has 0 bridgehead atoms. The minimum Gasteiger partial charge on any atom is -0.234 e. The Morgan fingerprint density at radius 2 is 0.955 bits per heavy atom. The van der Waals surface area contributed by atoms with Crippen molar-refractivity contribution in [1.29, 1.82) is 0 Å². The Hall–Kier alpha value is 0.280. The lowest BCUT2D eigenvalue weighted by Crippen LogP contribution is -1.95. The zero-order valence-corrected chi connectivity index (χ0v) is 18.2. The van der Waals surface area contributed by atoms with Crippen molar-refractivity contribution in [2.75, 3.05) is 0 Å². The molecule has 0 aliphatic carbocycles. The van der Waals surface area contributed by atoms with Gasteiger partial charge in [0.2, 0.25) is 0 Å². The third kappa shape index (κ3) is 2.07. The molecule has 8 heteroatoms. The molecule has 2 nitrogen and oxygen atoms in total.